The van der Waals surface area contributed by atoms with Crippen LogP contribution in [-0.2, 0) is 6.54 Å². The van der Waals surface area contributed by atoms with Crippen LogP contribution in [0, 0.1) is 13.8 Å². The molecular formula is C12H17N. The molecule has 0 saturated carbocycles. The second-order valence-corrected chi connectivity index (χ2v) is 3.56. The third kappa shape index (κ3) is 1.99. The van der Waals surface area contributed by atoms with E-state index in [2.05, 4.69) is 32.6 Å². The number of allylic oxidation sites excluding steroid dienone is 1. The molecule has 13 heavy (non-hydrogen) atoms. The number of aryl methyl sites for hydroxylation is 1. The highest BCUT2D eigenvalue weighted by atomic mass is 14.5. The van der Waals surface area contributed by atoms with Crippen LogP contribution in [0.5, 0.6) is 0 Å². The van der Waals surface area contributed by atoms with Crippen LogP contribution in [0.25, 0.3) is 5.57 Å². The summed E-state index contributed by atoms with van der Waals surface area (Å²) in [4.78, 5) is 0. The summed E-state index contributed by atoms with van der Waals surface area (Å²) in [6.07, 6.45) is 0. The number of hydrogen-bond acceptors (Lipinski definition) is 1. The lowest BCUT2D eigenvalue weighted by Crippen LogP contribution is -2.01. The highest BCUT2D eigenvalue weighted by molar-refractivity contribution is 5.63. The average molecular weight is 175 g/mol. The first-order valence-corrected chi connectivity index (χ1v) is 4.52. The molecule has 0 aliphatic rings. The summed E-state index contributed by atoms with van der Waals surface area (Å²) >= 11 is 0. The van der Waals surface area contributed by atoms with Crippen LogP contribution in [0.3, 0.4) is 0 Å². The molecule has 1 aromatic rings. The van der Waals surface area contributed by atoms with Crippen molar-refractivity contribution in [3.63, 3.8) is 0 Å². The summed E-state index contributed by atoms with van der Waals surface area (Å²) in [5.41, 5.74) is 11.8. The number of hydrogen-bond donors (Lipinski definition) is 1. The highest BCUT2D eigenvalue weighted by Gasteiger charge is 2.02. The first kappa shape index (κ1) is 10.0. The molecule has 0 bridgehead atoms. The van der Waals surface area contributed by atoms with E-state index in [-0.39, 0.29) is 0 Å². The Morgan fingerprint density at radius 2 is 2.00 bits per heavy atom. The molecule has 0 heterocycles. The second kappa shape index (κ2) is 3.75. The van der Waals surface area contributed by atoms with Crippen LogP contribution in [0.1, 0.15) is 29.2 Å². The predicted molar refractivity (Wildman–Crippen MR) is 58.5 cm³/mol. The van der Waals surface area contributed by atoms with Crippen LogP contribution in [0.2, 0.25) is 0 Å². The van der Waals surface area contributed by atoms with Gasteiger partial charge in [0.25, 0.3) is 0 Å². The van der Waals surface area contributed by atoms with Crippen molar-refractivity contribution >= 4 is 5.57 Å². The summed E-state index contributed by atoms with van der Waals surface area (Å²) in [6, 6.07) is 4.29. The first-order chi connectivity index (χ1) is 6.06. The molecule has 1 heteroatoms. The van der Waals surface area contributed by atoms with E-state index in [1.807, 2.05) is 6.92 Å². The molecule has 1 nitrogen and oxygen atoms in total. The summed E-state index contributed by atoms with van der Waals surface area (Å²) in [7, 11) is 0. The molecule has 2 N–H and O–H groups in total. The van der Waals surface area contributed by atoms with Crippen LogP contribution < -0.4 is 5.73 Å². The highest BCUT2D eigenvalue weighted by Crippen LogP contribution is 2.20. The average Bonchev–Trinajstić information content (AvgIpc) is 2.09. The molecule has 0 spiro atoms. The molecule has 0 aromatic heterocycles. The van der Waals surface area contributed by atoms with Crippen molar-refractivity contribution in [2.45, 2.75) is 27.3 Å². The maximum absolute atomic E-state index is 5.66. The summed E-state index contributed by atoms with van der Waals surface area (Å²) in [5, 5.41) is 0. The standard InChI is InChI=1S/C12H17N/c1-8(2)11-5-9(3)10(4)12(6-11)7-13/h5-6H,1,7,13H2,2-4H3. The SMILES string of the molecule is C=C(C)c1cc(C)c(C)c(CN)c1. The fraction of sp³-hybridized carbons (Fsp3) is 0.333. The van der Waals surface area contributed by atoms with Crippen LogP contribution in [0.15, 0.2) is 18.7 Å². The zero-order valence-electron chi connectivity index (χ0n) is 8.65. The Morgan fingerprint density at radius 3 is 2.46 bits per heavy atom. The third-order valence-electron chi connectivity index (χ3n) is 2.49. The summed E-state index contributed by atoms with van der Waals surface area (Å²) < 4.78 is 0. The molecular weight excluding hydrogens is 158 g/mol. The van der Waals surface area contributed by atoms with E-state index in [1.54, 1.807) is 0 Å². The molecule has 0 aliphatic heterocycles. The van der Waals surface area contributed by atoms with Crippen LogP contribution in [-0.4, -0.2) is 0 Å². The number of rotatable bonds is 2. The Hall–Kier alpha value is -1.08. The van der Waals surface area contributed by atoms with Gasteiger partial charge in [-0.15, -0.1) is 0 Å². The fourth-order valence-electron chi connectivity index (χ4n) is 1.39. The zero-order chi connectivity index (χ0) is 10.0. The van der Waals surface area contributed by atoms with E-state index in [4.69, 9.17) is 5.73 Å². The second-order valence-electron chi connectivity index (χ2n) is 3.56. The first-order valence-electron chi connectivity index (χ1n) is 4.52. The minimum Gasteiger partial charge on any atom is -0.326 e. The molecule has 1 aromatic carbocycles. The van der Waals surface area contributed by atoms with Crippen molar-refractivity contribution in [3.05, 3.63) is 41.0 Å². The van der Waals surface area contributed by atoms with E-state index in [1.165, 1.54) is 22.3 Å². The Labute approximate surface area is 80.3 Å². The van der Waals surface area contributed by atoms with Gasteiger partial charge in [0.2, 0.25) is 0 Å². The quantitative estimate of drug-likeness (QED) is 0.735. The molecule has 70 valence electrons. The van der Waals surface area contributed by atoms with Gasteiger partial charge in [-0.05, 0) is 49.1 Å². The van der Waals surface area contributed by atoms with Gasteiger partial charge in [-0.2, -0.15) is 0 Å². The Kier molecular flexibility index (Phi) is 2.89. The summed E-state index contributed by atoms with van der Waals surface area (Å²) in [6.45, 7) is 10.8. The van der Waals surface area contributed by atoms with Gasteiger partial charge in [0.1, 0.15) is 0 Å². The van der Waals surface area contributed by atoms with Gasteiger partial charge in [0.05, 0.1) is 0 Å². The van der Waals surface area contributed by atoms with Gasteiger partial charge in [0.15, 0.2) is 0 Å². The van der Waals surface area contributed by atoms with Crippen molar-refractivity contribution < 1.29 is 0 Å². The molecule has 0 amide bonds. The van der Waals surface area contributed by atoms with Crippen LogP contribution >= 0.6 is 0 Å². The molecule has 0 unspecified atom stereocenters. The van der Waals surface area contributed by atoms with E-state index in [9.17, 15) is 0 Å². The van der Waals surface area contributed by atoms with E-state index in [0.29, 0.717) is 6.54 Å². The number of nitrogens with two attached hydrogens (primary N) is 1. The molecule has 1 rings (SSSR count). The maximum atomic E-state index is 5.66. The largest absolute Gasteiger partial charge is 0.326 e. The lowest BCUT2D eigenvalue weighted by atomic mass is 9.97. The van der Waals surface area contributed by atoms with Gasteiger partial charge >= 0.3 is 0 Å². The third-order valence-corrected chi connectivity index (χ3v) is 2.49. The maximum Gasteiger partial charge on any atom is 0.0181 e. The zero-order valence-corrected chi connectivity index (χ0v) is 8.65. The smallest absolute Gasteiger partial charge is 0.0181 e. The van der Waals surface area contributed by atoms with E-state index in [0.717, 1.165) is 5.57 Å². The molecule has 0 fully saturated rings. The van der Waals surface area contributed by atoms with Gasteiger partial charge in [-0.3, -0.25) is 0 Å². The Balaban J connectivity index is 3.30. The fourth-order valence-corrected chi connectivity index (χ4v) is 1.39. The molecule has 0 radical (unpaired) electrons. The molecule has 0 atom stereocenters. The van der Waals surface area contributed by atoms with Crippen molar-refractivity contribution in [3.8, 4) is 0 Å². The van der Waals surface area contributed by atoms with Gasteiger partial charge in [-0.1, -0.05) is 18.2 Å². The number of benzene rings is 1. The Morgan fingerprint density at radius 1 is 1.38 bits per heavy atom. The summed E-state index contributed by atoms with van der Waals surface area (Å²) in [5.74, 6) is 0. The van der Waals surface area contributed by atoms with E-state index < -0.39 is 0 Å². The van der Waals surface area contributed by atoms with Gasteiger partial charge < -0.3 is 5.73 Å². The lowest BCUT2D eigenvalue weighted by molar-refractivity contribution is 1.04. The monoisotopic (exact) mass is 175 g/mol. The van der Waals surface area contributed by atoms with Gasteiger partial charge in [-0.25, -0.2) is 0 Å². The minimum atomic E-state index is 0.605. The van der Waals surface area contributed by atoms with Crippen molar-refractivity contribution in [1.82, 2.24) is 0 Å². The molecule has 0 aliphatic carbocycles. The normalized spacial score (nSPS) is 10.2. The molecule has 0 saturated heterocycles. The predicted octanol–water partition coefficient (Wildman–Crippen LogP) is 2.80. The van der Waals surface area contributed by atoms with Crippen molar-refractivity contribution in [2.75, 3.05) is 0 Å². The topological polar surface area (TPSA) is 26.0 Å². The minimum absolute atomic E-state index is 0.605. The van der Waals surface area contributed by atoms with Crippen LogP contribution in [0.4, 0.5) is 0 Å². The van der Waals surface area contributed by atoms with Gasteiger partial charge in [0, 0.05) is 6.54 Å². The Bertz CT molecular complexity index is 337. The van der Waals surface area contributed by atoms with Crippen molar-refractivity contribution in [1.29, 1.82) is 0 Å². The van der Waals surface area contributed by atoms with Crippen molar-refractivity contribution in [2.24, 2.45) is 5.73 Å². The lowest BCUT2D eigenvalue weighted by Gasteiger charge is -2.10. The van der Waals surface area contributed by atoms with E-state index >= 15 is 0 Å².